The number of aldehydes is 1. The normalized spacial score (nSPS) is 11.0. The van der Waals surface area contributed by atoms with Gasteiger partial charge in [0.15, 0.2) is 46.7 Å². The molecule has 4 aromatic rings. The molecule has 49 heavy (non-hydrogen) atoms. The first-order valence-corrected chi connectivity index (χ1v) is 16.2. The Kier molecular flexibility index (Phi) is 13.9. The fourth-order valence-corrected chi connectivity index (χ4v) is 5.43. The maximum absolute atomic E-state index is 15.4. The summed E-state index contributed by atoms with van der Waals surface area (Å²) >= 11 is 1.15. The van der Waals surface area contributed by atoms with E-state index in [0.29, 0.717) is 26.8 Å². The van der Waals surface area contributed by atoms with E-state index in [1.165, 1.54) is 52.7 Å². The second-order valence-corrected chi connectivity index (χ2v) is 12.5. The molecule has 0 saturated heterocycles. The van der Waals surface area contributed by atoms with Crippen LogP contribution < -0.4 is 18.9 Å². The summed E-state index contributed by atoms with van der Waals surface area (Å²) in [6.07, 6.45) is 1.67. The highest BCUT2D eigenvalue weighted by atomic mass is 32.1. The maximum Gasteiger partial charge on any atom is 0.311 e. The van der Waals surface area contributed by atoms with Crippen LogP contribution in [0.4, 0.5) is 8.78 Å². The van der Waals surface area contributed by atoms with Crippen LogP contribution in [-0.2, 0) is 19.1 Å². The zero-order valence-corrected chi connectivity index (χ0v) is 29.3. The van der Waals surface area contributed by atoms with Gasteiger partial charge in [-0.2, -0.15) is 0 Å². The second-order valence-electron chi connectivity index (χ2n) is 11.3. The summed E-state index contributed by atoms with van der Waals surface area (Å²) in [4.78, 5) is 46.1. The Bertz CT molecular complexity index is 1820. The standard InChI is InChI=1S/C29H26F2O8S.C7H14O2/c1-35-22-12-17-11-16(21(33)7-8-25(34)37-3)5-6-19(17)26(30)28(22)38-9-4-10-39-29-23(36-2)14-24-20(27(29)31)13-18(15-32)40-24;1-5-7(2,3)6(8)9-4/h5-6,11-15H,4,7-10H2,1-3H3;5H2,1-4H3. The van der Waals surface area contributed by atoms with Crippen LogP contribution in [0.5, 0.6) is 23.0 Å². The van der Waals surface area contributed by atoms with Crippen molar-refractivity contribution in [3.63, 3.8) is 0 Å². The summed E-state index contributed by atoms with van der Waals surface area (Å²) in [7, 11) is 5.42. The number of esters is 2. The van der Waals surface area contributed by atoms with Crippen LogP contribution in [0, 0.1) is 17.0 Å². The Morgan fingerprint density at radius 2 is 1.43 bits per heavy atom. The molecule has 1 aromatic heterocycles. The van der Waals surface area contributed by atoms with Gasteiger partial charge in [-0.15, -0.1) is 11.3 Å². The molecule has 0 saturated carbocycles. The average Bonchev–Trinajstić information content (AvgIpc) is 3.54. The number of benzene rings is 3. The number of Topliss-reactive ketones (excluding diaryl/α,β-unsaturated/α-hetero) is 1. The van der Waals surface area contributed by atoms with Gasteiger partial charge in [0.25, 0.3) is 0 Å². The third-order valence-electron chi connectivity index (χ3n) is 7.76. The van der Waals surface area contributed by atoms with Crippen molar-refractivity contribution in [3.05, 3.63) is 58.5 Å². The average molecular weight is 703 g/mol. The SMILES string of the molecule is CCC(C)(C)C(=O)OC.COC(=O)CCC(=O)c1ccc2c(F)c(OCCCOc3c(OC)cc4sc(C=O)cc4c3F)c(OC)cc2c1. The van der Waals surface area contributed by atoms with Crippen molar-refractivity contribution in [1.29, 1.82) is 0 Å². The first-order valence-electron chi connectivity index (χ1n) is 15.3. The van der Waals surface area contributed by atoms with Crippen molar-refractivity contribution < 1.29 is 56.4 Å². The number of hydrogen-bond donors (Lipinski definition) is 0. The second kappa shape index (κ2) is 17.6. The Morgan fingerprint density at radius 1 is 0.816 bits per heavy atom. The smallest absolute Gasteiger partial charge is 0.311 e. The lowest BCUT2D eigenvalue weighted by molar-refractivity contribution is -0.150. The van der Waals surface area contributed by atoms with E-state index >= 15 is 8.78 Å². The number of halogens is 2. The molecule has 0 aliphatic carbocycles. The number of rotatable bonds is 15. The number of ether oxygens (including phenoxy) is 6. The summed E-state index contributed by atoms with van der Waals surface area (Å²) in [5.74, 6) is -2.07. The number of thiophene rings is 1. The van der Waals surface area contributed by atoms with Gasteiger partial charge in [-0.25, -0.2) is 8.78 Å². The lowest BCUT2D eigenvalue weighted by Crippen LogP contribution is -2.24. The van der Waals surface area contributed by atoms with Crippen molar-refractivity contribution in [3.8, 4) is 23.0 Å². The highest BCUT2D eigenvalue weighted by molar-refractivity contribution is 7.20. The van der Waals surface area contributed by atoms with Crippen molar-refractivity contribution in [1.82, 2.24) is 0 Å². The Hall–Kier alpha value is -4.78. The molecule has 264 valence electrons. The molecule has 4 rings (SSSR count). The zero-order valence-electron chi connectivity index (χ0n) is 28.5. The number of ketones is 1. The van der Waals surface area contributed by atoms with Crippen molar-refractivity contribution in [2.24, 2.45) is 5.41 Å². The lowest BCUT2D eigenvalue weighted by atomic mass is 9.91. The van der Waals surface area contributed by atoms with E-state index in [9.17, 15) is 19.2 Å². The third kappa shape index (κ3) is 9.44. The summed E-state index contributed by atoms with van der Waals surface area (Å²) < 4.78 is 62.0. The molecule has 0 aliphatic heterocycles. The van der Waals surface area contributed by atoms with E-state index in [1.807, 2.05) is 20.8 Å². The fraction of sp³-hybridized carbons (Fsp3) is 0.389. The van der Waals surface area contributed by atoms with Gasteiger partial charge < -0.3 is 28.4 Å². The summed E-state index contributed by atoms with van der Waals surface area (Å²) in [6.45, 7) is 5.79. The first-order chi connectivity index (χ1) is 23.3. The van der Waals surface area contributed by atoms with Gasteiger partial charge in [0.1, 0.15) is 0 Å². The Balaban J connectivity index is 0.000000635. The van der Waals surface area contributed by atoms with Crippen LogP contribution in [0.3, 0.4) is 0 Å². The van der Waals surface area contributed by atoms with Crippen LogP contribution in [0.15, 0.2) is 36.4 Å². The molecular weight excluding hydrogens is 662 g/mol. The fourth-order valence-electron chi connectivity index (χ4n) is 4.53. The van der Waals surface area contributed by atoms with Crippen molar-refractivity contribution in [2.45, 2.75) is 46.5 Å². The summed E-state index contributed by atoms with van der Waals surface area (Å²) in [5.41, 5.74) is 0.0173. The molecule has 0 spiro atoms. The lowest BCUT2D eigenvalue weighted by Gasteiger charge is -2.17. The van der Waals surface area contributed by atoms with Gasteiger partial charge in [0.2, 0.25) is 0 Å². The van der Waals surface area contributed by atoms with Gasteiger partial charge in [-0.05, 0) is 43.9 Å². The van der Waals surface area contributed by atoms with Crippen molar-refractivity contribution in [2.75, 3.05) is 41.7 Å². The van der Waals surface area contributed by atoms with Crippen LogP contribution in [-0.4, -0.2) is 65.7 Å². The number of fused-ring (bicyclic) bond motifs is 2. The van der Waals surface area contributed by atoms with E-state index in [1.54, 1.807) is 12.1 Å². The number of hydrogen-bond acceptors (Lipinski definition) is 11. The maximum atomic E-state index is 15.4. The summed E-state index contributed by atoms with van der Waals surface area (Å²) in [6, 6.07) is 9.10. The van der Waals surface area contributed by atoms with Gasteiger partial charge in [-0.1, -0.05) is 19.1 Å². The van der Waals surface area contributed by atoms with E-state index in [0.717, 1.165) is 17.8 Å². The topological polar surface area (TPSA) is 124 Å². The molecule has 0 radical (unpaired) electrons. The van der Waals surface area contributed by atoms with Crippen LogP contribution >= 0.6 is 11.3 Å². The Morgan fingerprint density at radius 3 is 1.96 bits per heavy atom. The first kappa shape index (κ1) is 38.7. The van der Waals surface area contributed by atoms with E-state index in [4.69, 9.17) is 18.9 Å². The molecule has 1 heterocycles. The molecule has 0 N–H and O–H groups in total. The highest BCUT2D eigenvalue weighted by Crippen LogP contribution is 2.40. The van der Waals surface area contributed by atoms with Crippen LogP contribution in [0.25, 0.3) is 20.9 Å². The highest BCUT2D eigenvalue weighted by Gasteiger charge is 2.25. The Labute approximate surface area is 287 Å². The largest absolute Gasteiger partial charge is 0.493 e. The van der Waals surface area contributed by atoms with E-state index < -0.39 is 17.6 Å². The predicted molar refractivity (Wildman–Crippen MR) is 181 cm³/mol. The van der Waals surface area contributed by atoms with E-state index in [-0.39, 0.29) is 83.4 Å². The van der Waals surface area contributed by atoms with Gasteiger partial charge in [-0.3, -0.25) is 19.2 Å². The number of methoxy groups -OCH3 is 4. The monoisotopic (exact) mass is 702 g/mol. The number of carbonyl (C=O) groups excluding carboxylic acids is 4. The molecule has 0 atom stereocenters. The summed E-state index contributed by atoms with van der Waals surface area (Å²) in [5, 5.41) is 0.913. The molecule has 0 amide bonds. The molecule has 0 fully saturated rings. The zero-order chi connectivity index (χ0) is 36.3. The van der Waals surface area contributed by atoms with E-state index in [2.05, 4.69) is 9.47 Å². The molecular formula is C36H40F2O10S. The molecule has 3 aromatic carbocycles. The molecule has 0 aliphatic rings. The predicted octanol–water partition coefficient (Wildman–Crippen LogP) is 7.74. The van der Waals surface area contributed by atoms with Crippen molar-refractivity contribution >= 4 is 56.2 Å². The molecule has 13 heteroatoms. The van der Waals surface area contributed by atoms with Gasteiger partial charge >= 0.3 is 11.9 Å². The van der Waals surface area contributed by atoms with Crippen LogP contribution in [0.2, 0.25) is 0 Å². The minimum Gasteiger partial charge on any atom is -0.493 e. The molecule has 0 unspecified atom stereocenters. The number of carbonyl (C=O) groups is 4. The minimum atomic E-state index is -0.662. The van der Waals surface area contributed by atoms with Crippen LogP contribution in [0.1, 0.15) is 66.5 Å². The van der Waals surface area contributed by atoms with Gasteiger partial charge in [0.05, 0.1) is 58.4 Å². The third-order valence-corrected chi connectivity index (χ3v) is 8.77. The molecule has 10 nitrogen and oxygen atoms in total. The minimum absolute atomic E-state index is 0.0300. The quantitative estimate of drug-likeness (QED) is 0.0526. The van der Waals surface area contributed by atoms with Gasteiger partial charge in [0, 0.05) is 39.9 Å². The molecule has 0 bridgehead atoms.